The van der Waals surface area contributed by atoms with Gasteiger partial charge in [0.25, 0.3) is 0 Å². The summed E-state index contributed by atoms with van der Waals surface area (Å²) >= 11 is 0. The molecule has 0 saturated carbocycles. The van der Waals surface area contributed by atoms with Gasteiger partial charge >= 0.3 is 0 Å². The van der Waals surface area contributed by atoms with Crippen molar-refractivity contribution in [2.24, 2.45) is 11.8 Å². The second-order valence-electron chi connectivity index (χ2n) is 7.58. The Labute approximate surface area is 153 Å². The van der Waals surface area contributed by atoms with Crippen molar-refractivity contribution in [1.29, 1.82) is 0 Å². The van der Waals surface area contributed by atoms with Gasteiger partial charge in [0.05, 0.1) is 11.9 Å². The molecular weight excluding hydrogens is 325 g/mol. The van der Waals surface area contributed by atoms with Crippen LogP contribution in [0.4, 0.5) is 4.39 Å². The molecule has 0 spiro atoms. The van der Waals surface area contributed by atoms with E-state index in [1.807, 2.05) is 18.3 Å². The fourth-order valence-corrected chi connectivity index (χ4v) is 4.59. The van der Waals surface area contributed by atoms with E-state index < -0.39 is 0 Å². The van der Waals surface area contributed by atoms with Crippen LogP contribution in [0.15, 0.2) is 60.8 Å². The second kappa shape index (κ2) is 6.36. The molecule has 2 unspecified atom stereocenters. The Morgan fingerprint density at radius 3 is 2.65 bits per heavy atom. The van der Waals surface area contributed by atoms with Crippen LogP contribution in [0.25, 0.3) is 11.3 Å². The van der Waals surface area contributed by atoms with E-state index in [1.54, 1.807) is 12.1 Å². The molecule has 132 valence electrons. The van der Waals surface area contributed by atoms with Crippen LogP contribution >= 0.6 is 0 Å². The van der Waals surface area contributed by atoms with Crippen LogP contribution in [0.1, 0.15) is 11.4 Å². The number of nitrogens with zero attached hydrogens (tertiary/aromatic N) is 3. The minimum atomic E-state index is -0.147. The van der Waals surface area contributed by atoms with Gasteiger partial charge in [-0.05, 0) is 35.1 Å². The van der Waals surface area contributed by atoms with Crippen molar-refractivity contribution in [3.63, 3.8) is 0 Å². The number of hydrogen-bond donors (Lipinski definition) is 0. The van der Waals surface area contributed by atoms with Gasteiger partial charge in [-0.1, -0.05) is 42.5 Å². The van der Waals surface area contributed by atoms with Crippen LogP contribution in [0.2, 0.25) is 0 Å². The van der Waals surface area contributed by atoms with Crippen molar-refractivity contribution in [1.82, 2.24) is 14.5 Å². The standard InChI is InChI=1S/C22H22FN3/c23-20-8-4-5-16(9-20)12-25-13-18-10-22-24-11-21(17-6-2-1-3-7-17)26(22)15-19(18)14-25/h1-9,11,18-19H,10,12-15H2. The van der Waals surface area contributed by atoms with Crippen LogP contribution in [0, 0.1) is 17.7 Å². The molecule has 2 aliphatic heterocycles. The number of fused-ring (bicyclic) bond motifs is 2. The Kier molecular flexibility index (Phi) is 3.86. The van der Waals surface area contributed by atoms with E-state index in [2.05, 4.69) is 33.7 Å². The predicted molar refractivity (Wildman–Crippen MR) is 100 cm³/mol. The molecular formula is C22H22FN3. The maximum atomic E-state index is 13.4. The van der Waals surface area contributed by atoms with Crippen molar-refractivity contribution >= 4 is 0 Å². The van der Waals surface area contributed by atoms with E-state index in [-0.39, 0.29) is 5.82 Å². The molecule has 2 aliphatic rings. The highest BCUT2D eigenvalue weighted by atomic mass is 19.1. The van der Waals surface area contributed by atoms with Gasteiger partial charge in [-0.3, -0.25) is 4.90 Å². The molecule has 2 aromatic carbocycles. The molecule has 4 heteroatoms. The van der Waals surface area contributed by atoms with Crippen molar-refractivity contribution in [2.75, 3.05) is 13.1 Å². The molecule has 2 atom stereocenters. The minimum absolute atomic E-state index is 0.147. The lowest BCUT2D eigenvalue weighted by Crippen LogP contribution is -2.28. The molecule has 3 heterocycles. The number of benzene rings is 2. The van der Waals surface area contributed by atoms with E-state index >= 15 is 0 Å². The average molecular weight is 347 g/mol. The van der Waals surface area contributed by atoms with E-state index in [0.29, 0.717) is 11.8 Å². The third-order valence-electron chi connectivity index (χ3n) is 5.82. The Morgan fingerprint density at radius 1 is 0.962 bits per heavy atom. The summed E-state index contributed by atoms with van der Waals surface area (Å²) in [7, 11) is 0. The fraction of sp³-hybridized carbons (Fsp3) is 0.318. The summed E-state index contributed by atoms with van der Waals surface area (Å²) in [6.45, 7) is 4.02. The first-order valence-corrected chi connectivity index (χ1v) is 9.33. The second-order valence-corrected chi connectivity index (χ2v) is 7.58. The molecule has 1 aromatic heterocycles. The van der Waals surface area contributed by atoms with Crippen LogP contribution < -0.4 is 0 Å². The summed E-state index contributed by atoms with van der Waals surface area (Å²) < 4.78 is 15.9. The van der Waals surface area contributed by atoms with Gasteiger partial charge in [-0.25, -0.2) is 9.37 Å². The first-order valence-electron chi connectivity index (χ1n) is 9.33. The average Bonchev–Trinajstić information content (AvgIpc) is 3.23. The highest BCUT2D eigenvalue weighted by Gasteiger charge is 2.37. The highest BCUT2D eigenvalue weighted by molar-refractivity contribution is 5.59. The summed E-state index contributed by atoms with van der Waals surface area (Å²) in [6, 6.07) is 17.5. The van der Waals surface area contributed by atoms with Gasteiger partial charge < -0.3 is 4.57 Å². The van der Waals surface area contributed by atoms with E-state index in [9.17, 15) is 4.39 Å². The Balaban J connectivity index is 1.34. The Bertz CT molecular complexity index is 918. The lowest BCUT2D eigenvalue weighted by atomic mass is 9.89. The number of imidazole rings is 1. The van der Waals surface area contributed by atoms with Gasteiger partial charge in [0.1, 0.15) is 11.6 Å². The number of rotatable bonds is 3. The number of halogens is 1. The molecule has 3 nitrogen and oxygen atoms in total. The molecule has 26 heavy (non-hydrogen) atoms. The van der Waals surface area contributed by atoms with Crippen LogP contribution in [0.5, 0.6) is 0 Å². The fourth-order valence-electron chi connectivity index (χ4n) is 4.59. The predicted octanol–water partition coefficient (Wildman–Crippen LogP) is 3.99. The van der Waals surface area contributed by atoms with Crippen LogP contribution in [0.3, 0.4) is 0 Å². The molecule has 0 amide bonds. The third kappa shape index (κ3) is 2.84. The molecule has 0 aliphatic carbocycles. The number of likely N-dealkylation sites (tertiary alicyclic amines) is 1. The SMILES string of the molecule is Fc1cccc(CN2CC3Cc4ncc(-c5ccccc5)n4CC3C2)c1. The zero-order chi connectivity index (χ0) is 17.5. The zero-order valence-corrected chi connectivity index (χ0v) is 14.7. The minimum Gasteiger partial charge on any atom is -0.328 e. The van der Waals surface area contributed by atoms with Crippen molar-refractivity contribution in [3.05, 3.63) is 78.0 Å². The van der Waals surface area contributed by atoms with Gasteiger partial charge in [-0.2, -0.15) is 0 Å². The normalized spacial score (nSPS) is 22.2. The van der Waals surface area contributed by atoms with Crippen LogP contribution in [-0.4, -0.2) is 27.5 Å². The molecule has 1 fully saturated rings. The summed E-state index contributed by atoms with van der Waals surface area (Å²) in [5, 5.41) is 0. The van der Waals surface area contributed by atoms with Crippen molar-refractivity contribution in [2.45, 2.75) is 19.5 Å². The molecule has 1 saturated heterocycles. The van der Waals surface area contributed by atoms with Gasteiger partial charge in [0.2, 0.25) is 0 Å². The molecule has 5 rings (SSSR count). The topological polar surface area (TPSA) is 21.1 Å². The maximum Gasteiger partial charge on any atom is 0.123 e. The van der Waals surface area contributed by atoms with Crippen molar-refractivity contribution < 1.29 is 4.39 Å². The van der Waals surface area contributed by atoms with E-state index in [4.69, 9.17) is 4.98 Å². The maximum absolute atomic E-state index is 13.4. The van der Waals surface area contributed by atoms with Crippen LogP contribution in [-0.2, 0) is 19.5 Å². The monoisotopic (exact) mass is 347 g/mol. The lowest BCUT2D eigenvalue weighted by Gasteiger charge is -2.27. The zero-order valence-electron chi connectivity index (χ0n) is 14.7. The number of hydrogen-bond acceptors (Lipinski definition) is 2. The summed E-state index contributed by atoms with van der Waals surface area (Å²) in [5.74, 6) is 2.36. The molecule has 0 N–H and O–H groups in total. The summed E-state index contributed by atoms with van der Waals surface area (Å²) in [6.07, 6.45) is 3.06. The Morgan fingerprint density at radius 2 is 1.81 bits per heavy atom. The van der Waals surface area contributed by atoms with Gasteiger partial charge in [0.15, 0.2) is 0 Å². The van der Waals surface area contributed by atoms with Gasteiger partial charge in [0, 0.05) is 32.6 Å². The highest BCUT2D eigenvalue weighted by Crippen LogP contribution is 2.35. The summed E-state index contributed by atoms with van der Waals surface area (Å²) in [4.78, 5) is 7.18. The summed E-state index contributed by atoms with van der Waals surface area (Å²) in [5.41, 5.74) is 3.52. The third-order valence-corrected chi connectivity index (χ3v) is 5.82. The number of aromatic nitrogens is 2. The van der Waals surface area contributed by atoms with E-state index in [0.717, 1.165) is 38.2 Å². The molecule has 0 radical (unpaired) electrons. The Hall–Kier alpha value is -2.46. The molecule has 0 bridgehead atoms. The van der Waals surface area contributed by atoms with Crippen molar-refractivity contribution in [3.8, 4) is 11.3 Å². The lowest BCUT2D eigenvalue weighted by molar-refractivity contribution is 0.306. The van der Waals surface area contributed by atoms with Gasteiger partial charge in [-0.15, -0.1) is 0 Å². The molecule has 3 aromatic rings. The quantitative estimate of drug-likeness (QED) is 0.714. The first-order chi connectivity index (χ1) is 12.8. The first kappa shape index (κ1) is 15.8. The largest absolute Gasteiger partial charge is 0.328 e. The van der Waals surface area contributed by atoms with E-state index in [1.165, 1.54) is 23.1 Å². The smallest absolute Gasteiger partial charge is 0.123 e.